The van der Waals surface area contributed by atoms with Crippen LogP contribution < -0.4 is 0 Å². The second-order valence-electron chi connectivity index (χ2n) is 1.47. The molecule has 1 rings (SSSR count). The van der Waals surface area contributed by atoms with Crippen LogP contribution in [0, 0.1) is 11.3 Å². The molecule has 0 amide bonds. The lowest BCUT2D eigenvalue weighted by Gasteiger charge is -1.68. The largest absolute Gasteiger partial charge is 0.298 e. The van der Waals surface area contributed by atoms with Gasteiger partial charge in [-0.2, -0.15) is 5.26 Å². The van der Waals surface area contributed by atoms with Crippen LogP contribution >= 0.6 is 11.3 Å². The Balaban J connectivity index is 3.03. The van der Waals surface area contributed by atoms with E-state index in [1.165, 1.54) is 11.3 Å². The van der Waals surface area contributed by atoms with E-state index in [1.54, 1.807) is 11.4 Å². The van der Waals surface area contributed by atoms with E-state index >= 15 is 0 Å². The van der Waals surface area contributed by atoms with E-state index < -0.39 is 0 Å². The van der Waals surface area contributed by atoms with Crippen LogP contribution in [-0.2, 0) is 0 Å². The van der Waals surface area contributed by atoms with E-state index in [2.05, 4.69) is 0 Å². The van der Waals surface area contributed by atoms with Crippen molar-refractivity contribution in [3.8, 4) is 6.07 Å². The second-order valence-corrected chi connectivity index (χ2v) is 2.39. The molecule has 1 aromatic rings. The maximum atomic E-state index is 10.0. The van der Waals surface area contributed by atoms with Gasteiger partial charge in [0.05, 0.1) is 0 Å². The number of thiophene rings is 1. The molecule has 9 heavy (non-hydrogen) atoms. The fourth-order valence-corrected chi connectivity index (χ4v) is 1.11. The predicted molar refractivity (Wildman–Crippen MR) is 34.4 cm³/mol. The van der Waals surface area contributed by atoms with E-state index in [4.69, 9.17) is 5.26 Å². The molecule has 0 radical (unpaired) electrons. The van der Waals surface area contributed by atoms with Gasteiger partial charge < -0.3 is 0 Å². The van der Waals surface area contributed by atoms with Crippen LogP contribution in [-0.4, -0.2) is 6.29 Å². The lowest BCUT2D eigenvalue weighted by Crippen LogP contribution is -1.67. The van der Waals surface area contributed by atoms with Gasteiger partial charge in [0, 0.05) is 10.9 Å². The first-order chi connectivity index (χ1) is 4.36. The summed E-state index contributed by atoms with van der Waals surface area (Å²) in [7, 11) is 0. The number of nitrogens with zero attached hydrogens (tertiary/aromatic N) is 1. The van der Waals surface area contributed by atoms with Crippen molar-refractivity contribution in [3.05, 3.63) is 21.9 Å². The van der Waals surface area contributed by atoms with Crippen LogP contribution in [0.5, 0.6) is 0 Å². The third kappa shape index (κ3) is 1.15. The summed E-state index contributed by atoms with van der Waals surface area (Å²) in [6.45, 7) is 0. The van der Waals surface area contributed by atoms with Gasteiger partial charge in [-0.05, 0) is 6.07 Å². The summed E-state index contributed by atoms with van der Waals surface area (Å²) in [4.78, 5) is 10.6. The summed E-state index contributed by atoms with van der Waals surface area (Å²) in [5.74, 6) is 0. The molecule has 44 valence electrons. The van der Waals surface area contributed by atoms with Crippen LogP contribution in [0.15, 0.2) is 11.4 Å². The van der Waals surface area contributed by atoms with Crippen molar-refractivity contribution < 1.29 is 4.79 Å². The normalized spacial score (nSPS) is 8.33. The molecule has 0 spiro atoms. The van der Waals surface area contributed by atoms with Crippen molar-refractivity contribution in [2.75, 3.05) is 0 Å². The van der Waals surface area contributed by atoms with Crippen molar-refractivity contribution in [2.45, 2.75) is 0 Å². The summed E-state index contributed by atoms with van der Waals surface area (Å²) in [5, 5.41) is 9.95. The van der Waals surface area contributed by atoms with Gasteiger partial charge in [-0.1, -0.05) is 0 Å². The molecule has 0 aliphatic heterocycles. The van der Waals surface area contributed by atoms with Crippen molar-refractivity contribution in [2.24, 2.45) is 0 Å². The number of nitriles is 1. The number of carbonyl (C=O) groups is 1. The maximum Gasteiger partial charge on any atom is 0.150 e. The van der Waals surface area contributed by atoms with Crippen LogP contribution in [0.3, 0.4) is 0 Å². The average Bonchev–Trinajstić information content (AvgIpc) is 2.34. The minimum atomic E-state index is 0.580. The number of rotatable bonds is 1. The molecule has 0 saturated heterocycles. The standard InChI is InChI=1S/C6H3NOS/c7-2-6-1-5(3-8)4-9-6/h1,3-4H. The van der Waals surface area contributed by atoms with Gasteiger partial charge in [0.25, 0.3) is 0 Å². The Morgan fingerprint density at radius 3 is 2.89 bits per heavy atom. The molecule has 1 aromatic heterocycles. The topological polar surface area (TPSA) is 40.9 Å². The van der Waals surface area contributed by atoms with Gasteiger partial charge in [-0.3, -0.25) is 4.79 Å². The van der Waals surface area contributed by atoms with Crippen molar-refractivity contribution in [3.63, 3.8) is 0 Å². The highest BCUT2D eigenvalue weighted by atomic mass is 32.1. The minimum absolute atomic E-state index is 0.580. The maximum absolute atomic E-state index is 10.0. The highest BCUT2D eigenvalue weighted by molar-refractivity contribution is 7.10. The number of carbonyl (C=O) groups excluding carboxylic acids is 1. The van der Waals surface area contributed by atoms with Gasteiger partial charge in [0.15, 0.2) is 6.29 Å². The fraction of sp³-hybridized carbons (Fsp3) is 0. The Labute approximate surface area is 56.4 Å². The Kier molecular flexibility index (Phi) is 1.61. The van der Waals surface area contributed by atoms with Crippen LogP contribution in [0.1, 0.15) is 15.2 Å². The Bertz CT molecular complexity index is 258. The quantitative estimate of drug-likeness (QED) is 0.549. The molecule has 3 heteroatoms. The van der Waals surface area contributed by atoms with Gasteiger partial charge in [0.2, 0.25) is 0 Å². The summed E-state index contributed by atoms with van der Waals surface area (Å²) in [6.07, 6.45) is 0.733. The van der Waals surface area contributed by atoms with Gasteiger partial charge in [-0.15, -0.1) is 11.3 Å². The molecule has 0 N–H and O–H groups in total. The zero-order valence-corrected chi connectivity index (χ0v) is 5.31. The molecule has 2 nitrogen and oxygen atoms in total. The highest BCUT2D eigenvalue weighted by Crippen LogP contribution is 2.10. The number of aldehydes is 1. The SMILES string of the molecule is N#Cc1cc(C=O)cs1. The zero-order valence-electron chi connectivity index (χ0n) is 4.50. The third-order valence-corrected chi connectivity index (χ3v) is 1.72. The molecule has 0 fully saturated rings. The highest BCUT2D eigenvalue weighted by Gasteiger charge is 1.94. The first-order valence-corrected chi connectivity index (χ1v) is 3.18. The lowest BCUT2D eigenvalue weighted by atomic mass is 10.3. The zero-order chi connectivity index (χ0) is 6.69. The molecule has 0 saturated carbocycles. The predicted octanol–water partition coefficient (Wildman–Crippen LogP) is 1.43. The van der Waals surface area contributed by atoms with Crippen LogP contribution in [0.25, 0.3) is 0 Å². The molecule has 1 heterocycles. The molecule has 0 aliphatic rings. The van der Waals surface area contributed by atoms with E-state index in [0.717, 1.165) is 6.29 Å². The third-order valence-electron chi connectivity index (χ3n) is 0.866. The first-order valence-electron chi connectivity index (χ1n) is 2.30. The van der Waals surface area contributed by atoms with Gasteiger partial charge in [0.1, 0.15) is 10.9 Å². The van der Waals surface area contributed by atoms with Crippen molar-refractivity contribution in [1.29, 1.82) is 5.26 Å². The van der Waals surface area contributed by atoms with E-state index in [9.17, 15) is 4.79 Å². The average molecular weight is 137 g/mol. The number of hydrogen-bond donors (Lipinski definition) is 0. The fourth-order valence-electron chi connectivity index (χ4n) is 0.471. The number of hydrogen-bond acceptors (Lipinski definition) is 3. The Morgan fingerprint density at radius 1 is 1.78 bits per heavy atom. The lowest BCUT2D eigenvalue weighted by molar-refractivity contribution is 0.112. The molecule has 0 aromatic carbocycles. The van der Waals surface area contributed by atoms with Crippen LogP contribution in [0.4, 0.5) is 0 Å². The molecule has 0 unspecified atom stereocenters. The Morgan fingerprint density at radius 2 is 2.56 bits per heavy atom. The molecular formula is C6H3NOS. The smallest absolute Gasteiger partial charge is 0.150 e. The van der Waals surface area contributed by atoms with Crippen molar-refractivity contribution in [1.82, 2.24) is 0 Å². The summed E-state index contributed by atoms with van der Waals surface area (Å²) >= 11 is 1.28. The summed E-state index contributed by atoms with van der Waals surface area (Å²) in [5.41, 5.74) is 0.580. The second kappa shape index (κ2) is 2.42. The van der Waals surface area contributed by atoms with E-state index in [-0.39, 0.29) is 0 Å². The molecular weight excluding hydrogens is 134 g/mol. The molecule has 0 aliphatic carbocycles. The van der Waals surface area contributed by atoms with E-state index in [0.29, 0.717) is 10.4 Å². The Hall–Kier alpha value is -1.14. The molecule has 0 bridgehead atoms. The summed E-state index contributed by atoms with van der Waals surface area (Å²) in [6, 6.07) is 3.51. The summed E-state index contributed by atoms with van der Waals surface area (Å²) < 4.78 is 0. The monoisotopic (exact) mass is 137 g/mol. The van der Waals surface area contributed by atoms with Crippen molar-refractivity contribution >= 4 is 17.6 Å². The minimum Gasteiger partial charge on any atom is -0.298 e. The molecule has 0 atom stereocenters. The van der Waals surface area contributed by atoms with Crippen LogP contribution in [0.2, 0.25) is 0 Å². The van der Waals surface area contributed by atoms with E-state index in [1.807, 2.05) is 6.07 Å². The van der Waals surface area contributed by atoms with Gasteiger partial charge >= 0.3 is 0 Å². The van der Waals surface area contributed by atoms with Gasteiger partial charge in [-0.25, -0.2) is 0 Å². The first kappa shape index (κ1) is 5.99.